The van der Waals surface area contributed by atoms with Crippen LogP contribution in [-0.2, 0) is 27.6 Å². The molecule has 2 aromatic rings. The van der Waals surface area contributed by atoms with Gasteiger partial charge in [-0.1, -0.05) is 11.6 Å². The average Bonchev–Trinajstić information content (AvgIpc) is 3.02. The first-order chi connectivity index (χ1) is 13.9. The van der Waals surface area contributed by atoms with Crippen LogP contribution >= 0.6 is 23.4 Å². The van der Waals surface area contributed by atoms with Crippen LogP contribution in [0.1, 0.15) is 16.1 Å². The van der Waals surface area contributed by atoms with E-state index in [1.165, 1.54) is 19.2 Å². The molecular weight excluding hydrogens is 451 g/mol. The van der Waals surface area contributed by atoms with Crippen LogP contribution in [0.3, 0.4) is 0 Å². The van der Waals surface area contributed by atoms with Crippen LogP contribution in [0, 0.1) is 5.92 Å². The predicted octanol–water partition coefficient (Wildman–Crippen LogP) is 2.39. The summed E-state index contributed by atoms with van der Waals surface area (Å²) in [4.78, 5) is 48.0. The number of aliphatic carboxylic acids is 1. The third kappa shape index (κ3) is 4.05. The molecule has 3 rings (SSSR count). The molecule has 0 bridgehead atoms. The monoisotopic (exact) mass is 461 g/mol. The van der Waals surface area contributed by atoms with Gasteiger partial charge in [-0.25, -0.2) is 0 Å². The van der Waals surface area contributed by atoms with Crippen molar-refractivity contribution in [3.05, 3.63) is 34.5 Å². The van der Waals surface area contributed by atoms with Crippen LogP contribution in [0.25, 0.3) is 11.3 Å². The lowest BCUT2D eigenvalue weighted by Crippen LogP contribution is -2.43. The summed E-state index contributed by atoms with van der Waals surface area (Å²) >= 11 is 6.53. The van der Waals surface area contributed by atoms with Gasteiger partial charge in [-0.15, -0.1) is 0 Å². The molecule has 0 saturated carbocycles. The molecule has 0 saturated heterocycles. The fourth-order valence-electron chi connectivity index (χ4n) is 2.85. The van der Waals surface area contributed by atoms with Gasteiger partial charge in [0.25, 0.3) is 0 Å². The minimum Gasteiger partial charge on any atom is -0.480 e. The van der Waals surface area contributed by atoms with E-state index in [0.29, 0.717) is 11.8 Å². The van der Waals surface area contributed by atoms with Gasteiger partial charge >= 0.3 is 12.1 Å². The zero-order chi connectivity index (χ0) is 22.4. The number of thioether (sulfide) groups is 1. The van der Waals surface area contributed by atoms with E-state index < -0.39 is 47.1 Å². The number of Topliss-reactive ketones (excluding diaryl/α,β-unsaturated/α-hetero) is 1. The number of aromatic nitrogens is 2. The average molecular weight is 462 g/mol. The SMILES string of the molecule is Cn1nc(C(F)(F)F)cc1-c1cc(Cl)cc2c1SC(=O)C(C(=O)NCC(=O)O)C2=O. The van der Waals surface area contributed by atoms with Crippen molar-refractivity contribution in [3.8, 4) is 11.3 Å². The highest BCUT2D eigenvalue weighted by Crippen LogP contribution is 2.43. The van der Waals surface area contributed by atoms with Gasteiger partial charge in [0.15, 0.2) is 17.4 Å². The van der Waals surface area contributed by atoms with Crippen LogP contribution in [0.15, 0.2) is 23.1 Å². The molecule has 1 aliphatic rings. The Balaban J connectivity index is 2.08. The number of benzene rings is 1. The molecule has 2 N–H and O–H groups in total. The number of carboxylic acids is 1. The molecule has 0 spiro atoms. The molecule has 1 unspecified atom stereocenters. The van der Waals surface area contributed by atoms with Crippen LogP contribution in [0.2, 0.25) is 5.02 Å². The number of hydrogen-bond acceptors (Lipinski definition) is 6. The summed E-state index contributed by atoms with van der Waals surface area (Å²) in [6.45, 7) is -0.788. The second-order valence-corrected chi connectivity index (χ2v) is 7.65. The number of amides is 1. The summed E-state index contributed by atoms with van der Waals surface area (Å²) in [6, 6.07) is 3.24. The first kappa shape index (κ1) is 21.8. The lowest BCUT2D eigenvalue weighted by Gasteiger charge is -2.23. The Morgan fingerprint density at radius 1 is 1.27 bits per heavy atom. The number of carbonyl (C=O) groups is 4. The summed E-state index contributed by atoms with van der Waals surface area (Å²) in [6.07, 6.45) is -4.71. The standard InChI is InChI=1S/C17H11ClF3N3O5S/c1-24-9(4-10(23-24)17(19,20)21)7-2-6(18)3-8-13(27)12(16(29)30-14(7)8)15(28)22-5-11(25)26/h2-4,12H,5H2,1H3,(H,22,28)(H,25,26). The molecule has 0 fully saturated rings. The Hall–Kier alpha value is -2.86. The Labute approximate surface area is 175 Å². The van der Waals surface area contributed by atoms with Gasteiger partial charge < -0.3 is 10.4 Å². The van der Waals surface area contributed by atoms with Crippen molar-refractivity contribution < 1.29 is 37.5 Å². The van der Waals surface area contributed by atoms with E-state index in [0.717, 1.165) is 10.7 Å². The van der Waals surface area contributed by atoms with Crippen molar-refractivity contribution in [1.82, 2.24) is 15.1 Å². The molecule has 1 aromatic carbocycles. The molecule has 0 radical (unpaired) electrons. The highest BCUT2D eigenvalue weighted by molar-refractivity contribution is 8.14. The molecule has 1 atom stereocenters. The van der Waals surface area contributed by atoms with Crippen molar-refractivity contribution in [2.24, 2.45) is 13.0 Å². The number of carbonyl (C=O) groups excluding carboxylic acids is 3. The van der Waals surface area contributed by atoms with E-state index in [9.17, 15) is 32.3 Å². The maximum Gasteiger partial charge on any atom is 0.435 e. The molecule has 8 nitrogen and oxygen atoms in total. The fourth-order valence-corrected chi connectivity index (χ4v) is 4.14. The minimum atomic E-state index is -4.71. The Kier molecular flexibility index (Phi) is 5.65. The summed E-state index contributed by atoms with van der Waals surface area (Å²) in [5.74, 6) is -5.19. The van der Waals surface area contributed by atoms with E-state index in [2.05, 4.69) is 5.10 Å². The highest BCUT2D eigenvalue weighted by Gasteiger charge is 2.42. The Bertz CT molecular complexity index is 1100. The van der Waals surface area contributed by atoms with Gasteiger partial charge in [0.1, 0.15) is 6.54 Å². The molecule has 158 valence electrons. The Morgan fingerprint density at radius 3 is 2.47 bits per heavy atom. The van der Waals surface area contributed by atoms with Gasteiger partial charge in [-0.3, -0.25) is 23.9 Å². The molecule has 2 heterocycles. The third-order valence-electron chi connectivity index (χ3n) is 4.14. The zero-order valence-corrected chi connectivity index (χ0v) is 16.5. The van der Waals surface area contributed by atoms with Crippen LogP contribution in [0.4, 0.5) is 13.2 Å². The summed E-state index contributed by atoms with van der Waals surface area (Å²) in [7, 11) is 1.26. The lowest BCUT2D eigenvalue weighted by atomic mass is 9.94. The normalized spacial score (nSPS) is 16.4. The number of carboxylic acid groups (broad SMARTS) is 1. The first-order valence-electron chi connectivity index (χ1n) is 8.10. The number of ketones is 1. The molecule has 1 aromatic heterocycles. The van der Waals surface area contributed by atoms with E-state index in [1.807, 2.05) is 5.32 Å². The zero-order valence-electron chi connectivity index (χ0n) is 14.9. The second-order valence-electron chi connectivity index (χ2n) is 6.20. The number of halogens is 4. The molecule has 0 aliphatic carbocycles. The van der Waals surface area contributed by atoms with Gasteiger partial charge in [0, 0.05) is 28.1 Å². The molecule has 30 heavy (non-hydrogen) atoms. The van der Waals surface area contributed by atoms with Crippen LogP contribution < -0.4 is 5.32 Å². The predicted molar refractivity (Wildman–Crippen MR) is 98.0 cm³/mol. The van der Waals surface area contributed by atoms with Crippen molar-refractivity contribution in [3.63, 3.8) is 0 Å². The van der Waals surface area contributed by atoms with E-state index in [-0.39, 0.29) is 26.7 Å². The number of aryl methyl sites for hydroxylation is 1. The van der Waals surface area contributed by atoms with Gasteiger partial charge in [0.05, 0.1) is 5.69 Å². The maximum atomic E-state index is 13.0. The number of alkyl halides is 3. The number of hydrogen-bond donors (Lipinski definition) is 2. The number of nitrogens with zero attached hydrogens (tertiary/aromatic N) is 2. The van der Waals surface area contributed by atoms with Crippen LogP contribution in [0.5, 0.6) is 0 Å². The maximum absolute atomic E-state index is 13.0. The summed E-state index contributed by atoms with van der Waals surface area (Å²) in [5.41, 5.74) is -1.27. The van der Waals surface area contributed by atoms with Crippen LogP contribution in [-0.4, -0.2) is 44.2 Å². The van der Waals surface area contributed by atoms with Crippen molar-refractivity contribution in [1.29, 1.82) is 0 Å². The van der Waals surface area contributed by atoms with Gasteiger partial charge in [-0.05, 0) is 30.0 Å². The van der Waals surface area contributed by atoms with Crippen molar-refractivity contribution in [2.75, 3.05) is 6.54 Å². The highest BCUT2D eigenvalue weighted by atomic mass is 35.5. The largest absolute Gasteiger partial charge is 0.480 e. The van der Waals surface area contributed by atoms with E-state index >= 15 is 0 Å². The smallest absolute Gasteiger partial charge is 0.435 e. The van der Waals surface area contributed by atoms with E-state index in [1.54, 1.807) is 0 Å². The minimum absolute atomic E-state index is 0.00787. The third-order valence-corrected chi connectivity index (χ3v) is 5.44. The summed E-state index contributed by atoms with van der Waals surface area (Å²) in [5, 5.41) is 13.1. The molecule has 13 heteroatoms. The molecule has 1 aliphatic heterocycles. The topological polar surface area (TPSA) is 118 Å². The van der Waals surface area contributed by atoms with E-state index in [4.69, 9.17) is 16.7 Å². The molecule has 1 amide bonds. The molecular formula is C17H11ClF3N3O5S. The van der Waals surface area contributed by atoms with Gasteiger partial charge in [-0.2, -0.15) is 18.3 Å². The number of nitrogens with one attached hydrogen (secondary N) is 1. The lowest BCUT2D eigenvalue weighted by molar-refractivity contribution is -0.141. The van der Waals surface area contributed by atoms with Crippen molar-refractivity contribution >= 4 is 46.1 Å². The Morgan fingerprint density at radius 2 is 1.90 bits per heavy atom. The fraction of sp³-hybridized carbons (Fsp3) is 0.235. The van der Waals surface area contributed by atoms with Gasteiger partial charge in [0.2, 0.25) is 11.0 Å². The number of fused-ring (bicyclic) bond motifs is 1. The first-order valence-corrected chi connectivity index (χ1v) is 9.30. The van der Waals surface area contributed by atoms with Crippen molar-refractivity contribution in [2.45, 2.75) is 11.1 Å². The quantitative estimate of drug-likeness (QED) is 0.671. The second kappa shape index (κ2) is 7.76. The summed E-state index contributed by atoms with van der Waals surface area (Å²) < 4.78 is 40.0. The number of rotatable bonds is 4.